The Morgan fingerprint density at radius 2 is 1.80 bits per heavy atom. The van der Waals surface area contributed by atoms with Crippen LogP contribution in [0.1, 0.15) is 5.82 Å². The Balaban J connectivity index is 1.54. The molecule has 11 heteroatoms. The molecule has 0 unspecified atom stereocenters. The second-order valence-electron chi connectivity index (χ2n) is 5.84. The number of amides is 1. The van der Waals surface area contributed by atoms with Crippen molar-refractivity contribution in [3.05, 3.63) is 60.4 Å². The molecule has 0 aliphatic heterocycles. The lowest BCUT2D eigenvalue weighted by Gasteiger charge is -2.11. The minimum absolute atomic E-state index is 0.0516. The van der Waals surface area contributed by atoms with Gasteiger partial charge in [0, 0.05) is 5.69 Å². The molecule has 3 rings (SSSR count). The highest BCUT2D eigenvalue weighted by molar-refractivity contribution is 7.99. The zero-order valence-electron chi connectivity index (χ0n) is 15.6. The quantitative estimate of drug-likeness (QED) is 0.469. The number of aromatic nitrogens is 3. The van der Waals surface area contributed by atoms with Gasteiger partial charge in [0.15, 0.2) is 0 Å². The third-order valence-electron chi connectivity index (χ3n) is 3.57. The second kappa shape index (κ2) is 10.3. The van der Waals surface area contributed by atoms with Gasteiger partial charge in [0.2, 0.25) is 17.8 Å². The zero-order valence-corrected chi connectivity index (χ0v) is 16.4. The van der Waals surface area contributed by atoms with Crippen LogP contribution in [-0.2, 0) is 10.5 Å². The molecule has 0 bridgehead atoms. The Morgan fingerprint density at radius 3 is 2.57 bits per heavy atom. The number of carbonyl (C=O) groups is 1. The van der Waals surface area contributed by atoms with Crippen LogP contribution in [0, 0.1) is 0 Å². The molecule has 0 spiro atoms. The molecule has 8 nitrogen and oxygen atoms in total. The molecule has 0 aliphatic rings. The molecule has 0 saturated heterocycles. The summed E-state index contributed by atoms with van der Waals surface area (Å²) in [6.07, 6.45) is 0. The molecule has 2 aromatic carbocycles. The number of halogens is 2. The Bertz CT molecular complexity index is 994. The molecule has 156 valence electrons. The molecule has 1 amide bonds. The summed E-state index contributed by atoms with van der Waals surface area (Å²) in [7, 11) is 0. The minimum atomic E-state index is -2.98. The van der Waals surface area contributed by atoms with E-state index < -0.39 is 6.61 Å². The number of rotatable bonds is 9. The number of anilines is 4. The van der Waals surface area contributed by atoms with E-state index in [1.54, 1.807) is 6.07 Å². The van der Waals surface area contributed by atoms with Crippen LogP contribution in [-0.4, -0.2) is 33.2 Å². The first-order valence-electron chi connectivity index (χ1n) is 8.73. The summed E-state index contributed by atoms with van der Waals surface area (Å²) >= 11 is 1.24. The fourth-order valence-electron chi connectivity index (χ4n) is 2.40. The molecule has 0 atom stereocenters. The molecule has 0 aliphatic carbocycles. The number of alkyl halides is 2. The number of thioether (sulfide) groups is 1. The van der Waals surface area contributed by atoms with Crippen LogP contribution in [0.2, 0.25) is 0 Å². The number of hydrogen-bond acceptors (Lipinski definition) is 8. The monoisotopic (exact) mass is 432 g/mol. The number of hydrogen-bond donors (Lipinski definition) is 3. The molecule has 3 aromatic rings. The predicted molar refractivity (Wildman–Crippen MR) is 112 cm³/mol. The van der Waals surface area contributed by atoms with Gasteiger partial charge in [-0.1, -0.05) is 30.3 Å². The van der Waals surface area contributed by atoms with Crippen molar-refractivity contribution in [2.45, 2.75) is 12.4 Å². The lowest BCUT2D eigenvalue weighted by atomic mass is 10.3. The molecular weight excluding hydrogens is 414 g/mol. The van der Waals surface area contributed by atoms with Gasteiger partial charge in [-0.15, -0.1) is 11.8 Å². The van der Waals surface area contributed by atoms with Gasteiger partial charge < -0.3 is 21.1 Å². The third-order valence-corrected chi connectivity index (χ3v) is 4.50. The normalized spacial score (nSPS) is 10.6. The number of nitrogens with zero attached hydrogens (tertiary/aromatic N) is 3. The highest BCUT2D eigenvalue weighted by atomic mass is 32.2. The highest BCUT2D eigenvalue weighted by Crippen LogP contribution is 2.25. The van der Waals surface area contributed by atoms with E-state index in [4.69, 9.17) is 5.73 Å². The highest BCUT2D eigenvalue weighted by Gasteiger charge is 2.12. The first kappa shape index (κ1) is 21.2. The number of ether oxygens (including phenoxy) is 1. The summed E-state index contributed by atoms with van der Waals surface area (Å²) in [4.78, 5) is 24.5. The van der Waals surface area contributed by atoms with Gasteiger partial charge in [-0.3, -0.25) is 4.79 Å². The van der Waals surface area contributed by atoms with Gasteiger partial charge in [0.25, 0.3) is 0 Å². The van der Waals surface area contributed by atoms with Crippen molar-refractivity contribution in [2.75, 3.05) is 22.1 Å². The van der Waals surface area contributed by atoms with Crippen molar-refractivity contribution in [3.8, 4) is 5.75 Å². The minimum Gasteiger partial charge on any atom is -0.433 e. The van der Waals surface area contributed by atoms with E-state index >= 15 is 0 Å². The van der Waals surface area contributed by atoms with E-state index in [2.05, 4.69) is 30.3 Å². The topological polar surface area (TPSA) is 115 Å². The van der Waals surface area contributed by atoms with E-state index in [1.165, 1.54) is 30.0 Å². The van der Waals surface area contributed by atoms with Crippen LogP contribution >= 0.6 is 11.8 Å². The third kappa shape index (κ3) is 6.55. The van der Waals surface area contributed by atoms with Gasteiger partial charge in [-0.05, 0) is 24.3 Å². The fourth-order valence-corrected chi connectivity index (χ4v) is 3.07. The van der Waals surface area contributed by atoms with Crippen LogP contribution < -0.4 is 21.1 Å². The maximum absolute atomic E-state index is 12.5. The predicted octanol–water partition coefficient (Wildman–Crippen LogP) is 3.67. The lowest BCUT2D eigenvalue weighted by Crippen LogP contribution is -2.16. The SMILES string of the molecule is Nc1nc(CSCC(=O)Nc2ccccc2OC(F)F)nc(Nc2ccccc2)n1. The molecule has 0 radical (unpaired) electrons. The van der Waals surface area contributed by atoms with Gasteiger partial charge >= 0.3 is 6.61 Å². The Morgan fingerprint density at radius 1 is 1.07 bits per heavy atom. The number of para-hydroxylation sites is 3. The van der Waals surface area contributed by atoms with Gasteiger partial charge in [0.05, 0.1) is 17.2 Å². The standard InChI is InChI=1S/C19H18F2N6O2S/c20-17(21)29-14-9-5-4-8-13(14)24-16(28)11-30-10-15-25-18(22)27-19(26-15)23-12-6-2-1-3-7-12/h1-9,17H,10-11H2,(H,24,28)(H3,22,23,25,26,27). The number of nitrogen functional groups attached to an aromatic ring is 1. The molecule has 0 fully saturated rings. The number of carbonyl (C=O) groups excluding carboxylic acids is 1. The largest absolute Gasteiger partial charge is 0.433 e. The maximum atomic E-state index is 12.5. The lowest BCUT2D eigenvalue weighted by molar-refractivity contribution is -0.113. The molecule has 0 saturated carbocycles. The summed E-state index contributed by atoms with van der Waals surface area (Å²) in [5, 5.41) is 5.58. The average molecular weight is 432 g/mol. The maximum Gasteiger partial charge on any atom is 0.387 e. The Kier molecular flexibility index (Phi) is 7.33. The van der Waals surface area contributed by atoms with Crippen molar-refractivity contribution in [1.29, 1.82) is 0 Å². The number of benzene rings is 2. The van der Waals surface area contributed by atoms with Crippen molar-refractivity contribution < 1.29 is 18.3 Å². The van der Waals surface area contributed by atoms with E-state index in [0.717, 1.165) is 5.69 Å². The summed E-state index contributed by atoms with van der Waals surface area (Å²) in [5.41, 5.74) is 6.70. The van der Waals surface area contributed by atoms with E-state index in [-0.39, 0.29) is 29.0 Å². The summed E-state index contributed by atoms with van der Waals surface area (Å²) in [5.74, 6) is 0.630. The number of nitrogens with one attached hydrogen (secondary N) is 2. The van der Waals surface area contributed by atoms with Crippen LogP contribution in [0.25, 0.3) is 0 Å². The average Bonchev–Trinajstić information content (AvgIpc) is 2.69. The zero-order chi connectivity index (χ0) is 21.3. The fraction of sp³-hybridized carbons (Fsp3) is 0.158. The van der Waals surface area contributed by atoms with Crippen molar-refractivity contribution in [1.82, 2.24) is 15.0 Å². The first-order valence-corrected chi connectivity index (χ1v) is 9.89. The molecule has 4 N–H and O–H groups in total. The van der Waals surface area contributed by atoms with Crippen LogP contribution in [0.15, 0.2) is 54.6 Å². The van der Waals surface area contributed by atoms with Gasteiger partial charge in [-0.2, -0.15) is 23.7 Å². The van der Waals surface area contributed by atoms with Crippen molar-refractivity contribution >= 4 is 40.9 Å². The van der Waals surface area contributed by atoms with Gasteiger partial charge in [-0.25, -0.2) is 0 Å². The van der Waals surface area contributed by atoms with Crippen LogP contribution in [0.5, 0.6) is 5.75 Å². The van der Waals surface area contributed by atoms with Crippen LogP contribution in [0.3, 0.4) is 0 Å². The smallest absolute Gasteiger partial charge is 0.387 e. The molecular formula is C19H18F2N6O2S. The van der Waals surface area contributed by atoms with Crippen molar-refractivity contribution in [2.24, 2.45) is 0 Å². The summed E-state index contributed by atoms with van der Waals surface area (Å²) in [6, 6.07) is 15.3. The van der Waals surface area contributed by atoms with E-state index in [9.17, 15) is 13.6 Å². The van der Waals surface area contributed by atoms with E-state index in [0.29, 0.717) is 17.5 Å². The Labute approximate surface area is 175 Å². The summed E-state index contributed by atoms with van der Waals surface area (Å²) < 4.78 is 29.3. The van der Waals surface area contributed by atoms with E-state index in [1.807, 2.05) is 30.3 Å². The molecule has 1 heterocycles. The van der Waals surface area contributed by atoms with Crippen molar-refractivity contribution in [3.63, 3.8) is 0 Å². The number of nitrogens with two attached hydrogens (primary N) is 1. The Hall–Kier alpha value is -3.47. The first-order chi connectivity index (χ1) is 14.5. The second-order valence-corrected chi connectivity index (χ2v) is 6.83. The van der Waals surface area contributed by atoms with Crippen LogP contribution in [0.4, 0.5) is 32.1 Å². The molecule has 30 heavy (non-hydrogen) atoms. The summed E-state index contributed by atoms with van der Waals surface area (Å²) in [6.45, 7) is -2.98. The van der Waals surface area contributed by atoms with Gasteiger partial charge in [0.1, 0.15) is 11.6 Å². The molecule has 1 aromatic heterocycles.